The molecule has 0 unspecified atom stereocenters. The van der Waals surface area contributed by atoms with Gasteiger partial charge in [0.1, 0.15) is 5.54 Å². The zero-order chi connectivity index (χ0) is 13.5. The molecule has 0 aromatic heterocycles. The van der Waals surface area contributed by atoms with Crippen LogP contribution in [0, 0.1) is 0 Å². The third-order valence-electron chi connectivity index (χ3n) is 3.32. The number of benzene rings is 1. The van der Waals surface area contributed by atoms with Gasteiger partial charge in [-0.2, -0.15) is 0 Å². The van der Waals surface area contributed by atoms with Crippen LogP contribution in [0.5, 0.6) is 0 Å². The van der Waals surface area contributed by atoms with Gasteiger partial charge in [-0.15, -0.1) is 0 Å². The fraction of sp³-hybridized carbons (Fsp3) is 0.500. The molecule has 0 spiro atoms. The Labute approximate surface area is 108 Å². The lowest BCUT2D eigenvalue weighted by Crippen LogP contribution is -2.56. The van der Waals surface area contributed by atoms with E-state index in [1.165, 1.54) is 0 Å². The maximum absolute atomic E-state index is 12.5. The molecule has 0 fully saturated rings. The SMILES string of the molecule is CC(C)N1C(=O)C(C)(C)Nc2c(CN)cccc21. The molecular formula is C14H21N3O. The summed E-state index contributed by atoms with van der Waals surface area (Å²) in [6.07, 6.45) is 0. The van der Waals surface area contributed by atoms with Crippen molar-refractivity contribution in [1.29, 1.82) is 0 Å². The summed E-state index contributed by atoms with van der Waals surface area (Å²) in [6, 6.07) is 6.04. The first-order valence-electron chi connectivity index (χ1n) is 6.32. The topological polar surface area (TPSA) is 58.4 Å². The highest BCUT2D eigenvalue weighted by molar-refractivity contribution is 6.08. The van der Waals surface area contributed by atoms with Gasteiger partial charge in [0.15, 0.2) is 0 Å². The van der Waals surface area contributed by atoms with E-state index in [1.54, 1.807) is 0 Å². The van der Waals surface area contributed by atoms with Crippen molar-refractivity contribution in [2.75, 3.05) is 10.2 Å². The number of nitrogens with zero attached hydrogens (tertiary/aromatic N) is 1. The van der Waals surface area contributed by atoms with Crippen molar-refractivity contribution < 1.29 is 4.79 Å². The Hall–Kier alpha value is -1.55. The molecule has 0 saturated heterocycles. The average Bonchev–Trinajstić information content (AvgIpc) is 2.29. The number of hydrogen-bond acceptors (Lipinski definition) is 3. The first-order valence-corrected chi connectivity index (χ1v) is 6.32. The van der Waals surface area contributed by atoms with Crippen molar-refractivity contribution in [3.05, 3.63) is 23.8 Å². The molecule has 1 heterocycles. The normalized spacial score (nSPS) is 17.7. The van der Waals surface area contributed by atoms with Crippen LogP contribution >= 0.6 is 0 Å². The van der Waals surface area contributed by atoms with Gasteiger partial charge in [-0.25, -0.2) is 0 Å². The van der Waals surface area contributed by atoms with Gasteiger partial charge >= 0.3 is 0 Å². The highest BCUT2D eigenvalue weighted by Gasteiger charge is 2.40. The summed E-state index contributed by atoms with van der Waals surface area (Å²) in [5.74, 6) is 0.0965. The van der Waals surface area contributed by atoms with Crippen LogP contribution in [0.4, 0.5) is 11.4 Å². The molecule has 1 aliphatic heterocycles. The van der Waals surface area contributed by atoms with Crippen LogP contribution in [-0.2, 0) is 11.3 Å². The number of para-hydroxylation sites is 1. The summed E-state index contributed by atoms with van der Waals surface area (Å²) in [4.78, 5) is 14.3. The largest absolute Gasteiger partial charge is 0.370 e. The number of rotatable bonds is 2. The lowest BCUT2D eigenvalue weighted by molar-refractivity contribution is -0.122. The standard InChI is InChI=1S/C14H21N3O/c1-9(2)17-11-7-5-6-10(8-15)12(11)16-14(3,4)13(17)18/h5-7,9,16H,8,15H2,1-4H3. The summed E-state index contributed by atoms with van der Waals surface area (Å²) in [7, 11) is 0. The van der Waals surface area contributed by atoms with E-state index in [9.17, 15) is 4.79 Å². The number of hydrogen-bond donors (Lipinski definition) is 2. The fourth-order valence-electron chi connectivity index (χ4n) is 2.39. The van der Waals surface area contributed by atoms with E-state index in [-0.39, 0.29) is 11.9 Å². The van der Waals surface area contributed by atoms with Gasteiger partial charge in [0, 0.05) is 12.6 Å². The highest BCUT2D eigenvalue weighted by atomic mass is 16.2. The van der Waals surface area contributed by atoms with Crippen molar-refractivity contribution >= 4 is 17.3 Å². The van der Waals surface area contributed by atoms with E-state index in [2.05, 4.69) is 5.32 Å². The van der Waals surface area contributed by atoms with Crippen molar-refractivity contribution in [3.8, 4) is 0 Å². The van der Waals surface area contributed by atoms with Crippen molar-refractivity contribution in [1.82, 2.24) is 0 Å². The molecule has 0 radical (unpaired) electrons. The Morgan fingerprint density at radius 3 is 2.61 bits per heavy atom. The molecule has 0 atom stereocenters. The number of nitrogens with two attached hydrogens (primary N) is 1. The van der Waals surface area contributed by atoms with Gasteiger partial charge in [-0.1, -0.05) is 12.1 Å². The first kappa shape index (κ1) is 12.9. The van der Waals surface area contributed by atoms with Gasteiger partial charge < -0.3 is 16.0 Å². The van der Waals surface area contributed by atoms with E-state index in [1.807, 2.05) is 50.8 Å². The number of nitrogens with one attached hydrogen (secondary N) is 1. The van der Waals surface area contributed by atoms with Gasteiger partial charge in [-0.05, 0) is 39.3 Å². The minimum absolute atomic E-state index is 0.0965. The minimum atomic E-state index is -0.595. The van der Waals surface area contributed by atoms with Gasteiger partial charge in [-0.3, -0.25) is 4.79 Å². The van der Waals surface area contributed by atoms with Crippen LogP contribution < -0.4 is 16.0 Å². The molecule has 0 aliphatic carbocycles. The monoisotopic (exact) mass is 247 g/mol. The number of fused-ring (bicyclic) bond motifs is 1. The second-order valence-electron chi connectivity index (χ2n) is 5.53. The Bertz CT molecular complexity index is 480. The quantitative estimate of drug-likeness (QED) is 0.841. The zero-order valence-corrected chi connectivity index (χ0v) is 11.4. The third kappa shape index (κ3) is 1.86. The second kappa shape index (κ2) is 4.28. The Morgan fingerprint density at radius 2 is 2.06 bits per heavy atom. The lowest BCUT2D eigenvalue weighted by Gasteiger charge is -2.42. The molecule has 0 saturated carbocycles. The number of amides is 1. The van der Waals surface area contributed by atoms with E-state index in [0.717, 1.165) is 16.9 Å². The van der Waals surface area contributed by atoms with Crippen molar-refractivity contribution in [3.63, 3.8) is 0 Å². The fourth-order valence-corrected chi connectivity index (χ4v) is 2.39. The maximum Gasteiger partial charge on any atom is 0.252 e. The van der Waals surface area contributed by atoms with Crippen LogP contribution in [0.1, 0.15) is 33.3 Å². The van der Waals surface area contributed by atoms with Crippen molar-refractivity contribution in [2.45, 2.75) is 45.8 Å². The van der Waals surface area contributed by atoms with Crippen LogP contribution in [0.15, 0.2) is 18.2 Å². The van der Waals surface area contributed by atoms with Gasteiger partial charge in [0.05, 0.1) is 11.4 Å². The average molecular weight is 247 g/mol. The lowest BCUT2D eigenvalue weighted by atomic mass is 9.95. The Balaban J connectivity index is 2.63. The first-order chi connectivity index (χ1) is 8.38. The second-order valence-corrected chi connectivity index (χ2v) is 5.53. The van der Waals surface area contributed by atoms with E-state index in [0.29, 0.717) is 6.54 Å². The third-order valence-corrected chi connectivity index (χ3v) is 3.32. The molecule has 98 valence electrons. The summed E-state index contributed by atoms with van der Waals surface area (Å²) < 4.78 is 0. The Kier molecular flexibility index (Phi) is 3.07. The van der Waals surface area contributed by atoms with Crippen LogP contribution in [0.3, 0.4) is 0 Å². The molecule has 1 amide bonds. The van der Waals surface area contributed by atoms with E-state index < -0.39 is 5.54 Å². The summed E-state index contributed by atoms with van der Waals surface area (Å²) in [5.41, 5.74) is 8.13. The molecular weight excluding hydrogens is 226 g/mol. The molecule has 3 N–H and O–H groups in total. The predicted molar refractivity (Wildman–Crippen MR) is 74.7 cm³/mol. The molecule has 1 aromatic rings. The van der Waals surface area contributed by atoms with Crippen LogP contribution in [0.2, 0.25) is 0 Å². The van der Waals surface area contributed by atoms with Crippen LogP contribution in [0.25, 0.3) is 0 Å². The highest BCUT2D eigenvalue weighted by Crippen LogP contribution is 2.38. The number of carbonyl (C=O) groups is 1. The van der Waals surface area contributed by atoms with E-state index >= 15 is 0 Å². The molecule has 4 heteroatoms. The number of anilines is 2. The van der Waals surface area contributed by atoms with Gasteiger partial charge in [0.2, 0.25) is 0 Å². The molecule has 1 aromatic carbocycles. The van der Waals surface area contributed by atoms with Crippen LogP contribution in [-0.4, -0.2) is 17.5 Å². The zero-order valence-electron chi connectivity index (χ0n) is 11.4. The summed E-state index contributed by atoms with van der Waals surface area (Å²) in [5, 5.41) is 3.32. The molecule has 2 rings (SSSR count). The minimum Gasteiger partial charge on any atom is -0.370 e. The summed E-state index contributed by atoms with van der Waals surface area (Å²) >= 11 is 0. The molecule has 18 heavy (non-hydrogen) atoms. The summed E-state index contributed by atoms with van der Waals surface area (Å²) in [6.45, 7) is 8.32. The Morgan fingerprint density at radius 1 is 1.39 bits per heavy atom. The maximum atomic E-state index is 12.5. The molecule has 1 aliphatic rings. The predicted octanol–water partition coefficient (Wildman–Crippen LogP) is 2.09. The van der Waals surface area contributed by atoms with Crippen molar-refractivity contribution in [2.24, 2.45) is 5.73 Å². The van der Waals surface area contributed by atoms with Gasteiger partial charge in [0.25, 0.3) is 5.91 Å². The number of carbonyl (C=O) groups excluding carboxylic acids is 1. The molecule has 0 bridgehead atoms. The molecule has 4 nitrogen and oxygen atoms in total. The smallest absolute Gasteiger partial charge is 0.252 e. The van der Waals surface area contributed by atoms with E-state index in [4.69, 9.17) is 5.73 Å².